The van der Waals surface area contributed by atoms with Gasteiger partial charge in [0.2, 0.25) is 6.41 Å². The Labute approximate surface area is 73.2 Å². The van der Waals surface area contributed by atoms with Crippen LogP contribution in [0, 0.1) is 0 Å². The van der Waals surface area contributed by atoms with Crippen LogP contribution in [0.3, 0.4) is 0 Å². The van der Waals surface area contributed by atoms with Gasteiger partial charge in [-0.3, -0.25) is 4.79 Å². The molecule has 1 saturated heterocycles. The summed E-state index contributed by atoms with van der Waals surface area (Å²) in [7, 11) is 0. The summed E-state index contributed by atoms with van der Waals surface area (Å²) in [5.41, 5.74) is 0. The van der Waals surface area contributed by atoms with Crippen molar-refractivity contribution in [2.45, 2.75) is 31.2 Å². The molecule has 0 aliphatic carbocycles. The van der Waals surface area contributed by atoms with Crippen LogP contribution < -0.4 is 5.32 Å². The summed E-state index contributed by atoms with van der Waals surface area (Å²) in [6, 6.07) is -0.281. The van der Waals surface area contributed by atoms with Crippen LogP contribution in [0.15, 0.2) is 0 Å². The molecule has 2 atom stereocenters. The summed E-state index contributed by atoms with van der Waals surface area (Å²) < 4.78 is 40.7. The number of amides is 1. The molecule has 1 amide bonds. The van der Waals surface area contributed by atoms with Crippen molar-refractivity contribution in [3.63, 3.8) is 0 Å². The van der Waals surface area contributed by atoms with Gasteiger partial charge in [-0.1, -0.05) is 0 Å². The van der Waals surface area contributed by atoms with Gasteiger partial charge in [0.1, 0.15) is 0 Å². The molecule has 1 aliphatic rings. The number of alkyl halides is 3. The van der Waals surface area contributed by atoms with Crippen LogP contribution in [-0.4, -0.2) is 31.3 Å². The Morgan fingerprint density at radius 3 is 2.46 bits per heavy atom. The number of carbonyl (C=O) groups is 1. The van der Waals surface area contributed by atoms with Crippen molar-refractivity contribution >= 4 is 6.41 Å². The molecule has 13 heavy (non-hydrogen) atoms. The van der Waals surface area contributed by atoms with Crippen LogP contribution in [0.2, 0.25) is 0 Å². The molecule has 0 saturated carbocycles. The Bertz CT molecular complexity index is 175. The summed E-state index contributed by atoms with van der Waals surface area (Å²) in [5, 5.41) is 2.38. The standard InChI is InChI=1S/C7H10F3NO2/c8-7(9,10)6-2-1-5(3-13-6)11-4-12/h4-6H,1-3H2,(H,11,12). The monoisotopic (exact) mass is 197 g/mol. The third-order valence-corrected chi connectivity index (χ3v) is 1.94. The zero-order valence-electron chi connectivity index (χ0n) is 6.80. The largest absolute Gasteiger partial charge is 0.414 e. The Balaban J connectivity index is 2.34. The molecule has 76 valence electrons. The minimum atomic E-state index is -4.29. The topological polar surface area (TPSA) is 38.3 Å². The summed E-state index contributed by atoms with van der Waals surface area (Å²) in [6.45, 7) is -0.0666. The van der Waals surface area contributed by atoms with Crippen molar-refractivity contribution in [1.29, 1.82) is 0 Å². The van der Waals surface area contributed by atoms with E-state index in [0.29, 0.717) is 12.8 Å². The third-order valence-electron chi connectivity index (χ3n) is 1.94. The summed E-state index contributed by atoms with van der Waals surface area (Å²) in [6.07, 6.45) is -5.26. The molecule has 1 N–H and O–H groups in total. The quantitative estimate of drug-likeness (QED) is 0.666. The second kappa shape index (κ2) is 3.95. The Morgan fingerprint density at radius 1 is 1.38 bits per heavy atom. The van der Waals surface area contributed by atoms with Crippen molar-refractivity contribution in [3.05, 3.63) is 0 Å². The molecule has 1 rings (SSSR count). The van der Waals surface area contributed by atoms with Gasteiger partial charge in [0, 0.05) is 0 Å². The molecule has 1 fully saturated rings. The molecule has 0 aromatic heterocycles. The number of rotatable bonds is 2. The van der Waals surface area contributed by atoms with Crippen LogP contribution in [0.5, 0.6) is 0 Å². The lowest BCUT2D eigenvalue weighted by Gasteiger charge is -2.29. The predicted molar refractivity (Wildman–Crippen MR) is 38.0 cm³/mol. The van der Waals surface area contributed by atoms with E-state index < -0.39 is 12.3 Å². The second-order valence-electron chi connectivity index (χ2n) is 2.92. The van der Waals surface area contributed by atoms with Gasteiger partial charge in [0.25, 0.3) is 0 Å². The number of ether oxygens (including phenoxy) is 1. The van der Waals surface area contributed by atoms with Crippen LogP contribution in [0.1, 0.15) is 12.8 Å². The normalized spacial score (nSPS) is 29.8. The van der Waals surface area contributed by atoms with E-state index in [4.69, 9.17) is 0 Å². The SMILES string of the molecule is O=CNC1CCC(C(F)(F)F)OC1. The first-order valence-electron chi connectivity index (χ1n) is 3.92. The fourth-order valence-corrected chi connectivity index (χ4v) is 1.24. The average Bonchev–Trinajstić information content (AvgIpc) is 2.04. The predicted octanol–water partition coefficient (Wildman–Crippen LogP) is 0.842. The first-order valence-corrected chi connectivity index (χ1v) is 3.92. The van der Waals surface area contributed by atoms with E-state index in [1.165, 1.54) is 0 Å². The zero-order chi connectivity index (χ0) is 9.90. The summed E-state index contributed by atoms with van der Waals surface area (Å²) in [5.74, 6) is 0. The van der Waals surface area contributed by atoms with Gasteiger partial charge in [0.05, 0.1) is 12.6 Å². The molecular formula is C7H10F3NO2. The van der Waals surface area contributed by atoms with Gasteiger partial charge < -0.3 is 10.1 Å². The van der Waals surface area contributed by atoms with Crippen LogP contribution >= 0.6 is 0 Å². The lowest BCUT2D eigenvalue weighted by atomic mass is 10.1. The van der Waals surface area contributed by atoms with Crippen molar-refractivity contribution in [2.24, 2.45) is 0 Å². The maximum absolute atomic E-state index is 12.0. The van der Waals surface area contributed by atoms with Gasteiger partial charge >= 0.3 is 6.18 Å². The molecule has 0 spiro atoms. The Morgan fingerprint density at radius 2 is 2.08 bits per heavy atom. The molecule has 1 aliphatic heterocycles. The minimum Gasteiger partial charge on any atom is -0.367 e. The number of halogens is 3. The van der Waals surface area contributed by atoms with Gasteiger partial charge in [-0.05, 0) is 12.8 Å². The third kappa shape index (κ3) is 2.87. The highest BCUT2D eigenvalue weighted by molar-refractivity contribution is 5.46. The van der Waals surface area contributed by atoms with Crippen molar-refractivity contribution in [3.8, 4) is 0 Å². The van der Waals surface area contributed by atoms with Crippen LogP contribution in [0.4, 0.5) is 13.2 Å². The molecule has 2 unspecified atom stereocenters. The number of nitrogens with one attached hydrogen (secondary N) is 1. The van der Waals surface area contributed by atoms with E-state index in [1.54, 1.807) is 0 Å². The maximum atomic E-state index is 12.0. The highest BCUT2D eigenvalue weighted by Crippen LogP contribution is 2.29. The number of hydrogen-bond acceptors (Lipinski definition) is 2. The van der Waals surface area contributed by atoms with E-state index >= 15 is 0 Å². The minimum absolute atomic E-state index is 0.0666. The highest BCUT2D eigenvalue weighted by Gasteiger charge is 2.42. The molecule has 0 aromatic carbocycles. The van der Waals surface area contributed by atoms with Crippen LogP contribution in [-0.2, 0) is 9.53 Å². The maximum Gasteiger partial charge on any atom is 0.414 e. The van der Waals surface area contributed by atoms with Gasteiger partial charge in [-0.25, -0.2) is 0 Å². The molecular weight excluding hydrogens is 187 g/mol. The van der Waals surface area contributed by atoms with Gasteiger partial charge in [-0.2, -0.15) is 13.2 Å². The lowest BCUT2D eigenvalue weighted by molar-refractivity contribution is -0.232. The van der Waals surface area contributed by atoms with Gasteiger partial charge in [-0.15, -0.1) is 0 Å². The van der Waals surface area contributed by atoms with E-state index in [0.717, 1.165) is 0 Å². The van der Waals surface area contributed by atoms with E-state index in [9.17, 15) is 18.0 Å². The van der Waals surface area contributed by atoms with Crippen molar-refractivity contribution in [1.82, 2.24) is 5.32 Å². The molecule has 0 aromatic rings. The van der Waals surface area contributed by atoms with E-state index in [-0.39, 0.29) is 19.1 Å². The number of hydrogen-bond donors (Lipinski definition) is 1. The first kappa shape index (κ1) is 10.3. The van der Waals surface area contributed by atoms with Gasteiger partial charge in [0.15, 0.2) is 6.10 Å². The first-order chi connectivity index (χ1) is 6.04. The molecule has 0 radical (unpaired) electrons. The highest BCUT2D eigenvalue weighted by atomic mass is 19.4. The second-order valence-corrected chi connectivity index (χ2v) is 2.92. The smallest absolute Gasteiger partial charge is 0.367 e. The van der Waals surface area contributed by atoms with Crippen LogP contribution in [0.25, 0.3) is 0 Å². The molecule has 3 nitrogen and oxygen atoms in total. The molecule has 0 bridgehead atoms. The molecule has 1 heterocycles. The van der Waals surface area contributed by atoms with Crippen molar-refractivity contribution < 1.29 is 22.7 Å². The summed E-state index contributed by atoms with van der Waals surface area (Å²) in [4.78, 5) is 9.96. The summed E-state index contributed by atoms with van der Waals surface area (Å²) >= 11 is 0. The van der Waals surface area contributed by atoms with E-state index in [1.807, 2.05) is 0 Å². The fraction of sp³-hybridized carbons (Fsp3) is 0.857. The molecule has 6 heteroatoms. The Hall–Kier alpha value is -0.780. The average molecular weight is 197 g/mol. The fourth-order valence-electron chi connectivity index (χ4n) is 1.24. The zero-order valence-corrected chi connectivity index (χ0v) is 6.80. The van der Waals surface area contributed by atoms with E-state index in [2.05, 4.69) is 10.1 Å². The lowest BCUT2D eigenvalue weighted by Crippen LogP contribution is -2.44. The van der Waals surface area contributed by atoms with Crippen molar-refractivity contribution in [2.75, 3.05) is 6.61 Å². The number of carbonyl (C=O) groups excluding carboxylic acids is 1. The Kier molecular flexibility index (Phi) is 3.13.